The second-order valence-corrected chi connectivity index (χ2v) is 10.4. The highest BCUT2D eigenvalue weighted by Gasteiger charge is 2.15. The lowest BCUT2D eigenvalue weighted by molar-refractivity contribution is 1.18. The van der Waals surface area contributed by atoms with E-state index < -0.39 is 0 Å². The summed E-state index contributed by atoms with van der Waals surface area (Å²) in [5, 5.41) is 12.0. The van der Waals surface area contributed by atoms with Gasteiger partial charge in [0.05, 0.1) is 35.8 Å². The van der Waals surface area contributed by atoms with Gasteiger partial charge in [0.15, 0.2) is 11.4 Å². The summed E-state index contributed by atoms with van der Waals surface area (Å²) in [4.78, 5) is 7.45. The Kier molecular flexibility index (Phi) is 6.26. The van der Waals surface area contributed by atoms with Crippen molar-refractivity contribution in [3.8, 4) is 45.1 Å². The second kappa shape index (κ2) is 10.5. The van der Waals surface area contributed by atoms with Crippen LogP contribution in [0.2, 0.25) is 0 Å². The van der Waals surface area contributed by atoms with Crippen molar-refractivity contribution < 1.29 is 0 Å². The van der Waals surface area contributed by atoms with Gasteiger partial charge in [0.2, 0.25) is 0 Å². The molecule has 0 aliphatic rings. The Labute approximate surface area is 249 Å². The third kappa shape index (κ3) is 4.58. The lowest BCUT2D eigenvalue weighted by atomic mass is 9.94. The van der Waals surface area contributed by atoms with Crippen LogP contribution >= 0.6 is 0 Å². The zero-order chi connectivity index (χ0) is 29.3. The van der Waals surface area contributed by atoms with E-state index in [1.54, 1.807) is 0 Å². The van der Waals surface area contributed by atoms with Crippen LogP contribution in [-0.4, -0.2) is 4.57 Å². The molecular weight excluding hydrogens is 524 g/mol. The first-order valence-electron chi connectivity index (χ1n) is 13.8. The minimum absolute atomic E-state index is 0.506. The number of aromatic nitrogens is 1. The zero-order valence-corrected chi connectivity index (χ0v) is 23.0. The summed E-state index contributed by atoms with van der Waals surface area (Å²) >= 11 is 0. The Bertz CT molecular complexity index is 2320. The van der Waals surface area contributed by atoms with Crippen molar-refractivity contribution in [1.82, 2.24) is 4.57 Å². The number of hydrogen-bond acceptors (Lipinski definition) is 1. The number of fused-ring (bicyclic) bond motifs is 3. The van der Waals surface area contributed by atoms with Crippen LogP contribution in [0, 0.1) is 24.5 Å². The third-order valence-corrected chi connectivity index (χ3v) is 7.77. The van der Waals surface area contributed by atoms with E-state index >= 15 is 0 Å². The quantitative estimate of drug-likeness (QED) is 0.202. The first kappa shape index (κ1) is 25.6. The number of para-hydroxylation sites is 1. The molecule has 0 saturated carbocycles. The molecule has 0 radical (unpaired) electrons. The van der Waals surface area contributed by atoms with Crippen molar-refractivity contribution >= 4 is 33.2 Å². The molecule has 198 valence electrons. The molecule has 0 bridgehead atoms. The second-order valence-electron chi connectivity index (χ2n) is 10.4. The predicted octanol–water partition coefficient (Wildman–Crippen LogP) is 10.8. The largest absolute Gasteiger partial charge is 0.311 e. The fraction of sp³-hybridized carbons (Fsp3) is 0. The molecule has 7 rings (SSSR count). The Balaban J connectivity index is 1.42. The molecule has 6 aromatic carbocycles. The first-order valence-corrected chi connectivity index (χ1v) is 13.8. The molecule has 1 aromatic heterocycles. The van der Waals surface area contributed by atoms with Crippen LogP contribution < -0.4 is 0 Å². The number of nitriles is 1. The van der Waals surface area contributed by atoms with Gasteiger partial charge in [0, 0.05) is 11.1 Å². The Morgan fingerprint density at radius 1 is 0.488 bits per heavy atom. The third-order valence-electron chi connectivity index (χ3n) is 7.77. The SMILES string of the molecule is [C-]#[N+]c1cc(-c2cc(C#N)cc(-c3cccc(-c4ccccc4)c3)c2)cc(-n2c3ccccc3c3cc([N+]#[C-])ccc32)c1. The molecule has 0 spiro atoms. The molecule has 4 nitrogen and oxygen atoms in total. The normalized spacial score (nSPS) is 10.7. The van der Waals surface area contributed by atoms with Gasteiger partial charge in [-0.3, -0.25) is 0 Å². The molecule has 0 atom stereocenters. The number of nitrogens with zero attached hydrogens (tertiary/aromatic N) is 4. The van der Waals surface area contributed by atoms with Gasteiger partial charge in [-0.15, -0.1) is 0 Å². The van der Waals surface area contributed by atoms with Crippen molar-refractivity contribution in [2.75, 3.05) is 0 Å². The predicted molar refractivity (Wildman–Crippen MR) is 174 cm³/mol. The molecule has 1 heterocycles. The van der Waals surface area contributed by atoms with Gasteiger partial charge in [-0.1, -0.05) is 72.8 Å². The molecule has 0 aliphatic carbocycles. The topological polar surface area (TPSA) is 37.4 Å². The van der Waals surface area contributed by atoms with Crippen LogP contribution in [0.25, 0.3) is 70.6 Å². The maximum Gasteiger partial charge on any atom is 0.189 e. The van der Waals surface area contributed by atoms with Crippen LogP contribution in [0.3, 0.4) is 0 Å². The van der Waals surface area contributed by atoms with Gasteiger partial charge in [-0.05, 0) is 99.4 Å². The van der Waals surface area contributed by atoms with Gasteiger partial charge in [-0.25, -0.2) is 9.69 Å². The van der Waals surface area contributed by atoms with Crippen molar-refractivity contribution in [3.05, 3.63) is 162 Å². The fourth-order valence-electron chi connectivity index (χ4n) is 5.80. The Morgan fingerprint density at radius 2 is 1.12 bits per heavy atom. The molecule has 0 fully saturated rings. The van der Waals surface area contributed by atoms with Crippen molar-refractivity contribution in [2.24, 2.45) is 0 Å². The van der Waals surface area contributed by atoms with Crippen molar-refractivity contribution in [1.29, 1.82) is 5.26 Å². The average Bonchev–Trinajstić information content (AvgIpc) is 3.42. The zero-order valence-electron chi connectivity index (χ0n) is 23.0. The summed E-state index contributed by atoms with van der Waals surface area (Å²) in [6.45, 7) is 15.4. The van der Waals surface area contributed by atoms with E-state index in [1.165, 1.54) is 0 Å². The van der Waals surface area contributed by atoms with E-state index in [-0.39, 0.29) is 0 Å². The number of hydrogen-bond donors (Lipinski definition) is 0. The molecule has 0 saturated heterocycles. The van der Waals surface area contributed by atoms with Crippen LogP contribution in [-0.2, 0) is 0 Å². The van der Waals surface area contributed by atoms with Crippen LogP contribution in [0.1, 0.15) is 5.56 Å². The molecule has 4 heteroatoms. The first-order chi connectivity index (χ1) is 21.1. The van der Waals surface area contributed by atoms with Gasteiger partial charge in [0.1, 0.15) is 0 Å². The molecule has 43 heavy (non-hydrogen) atoms. The highest BCUT2D eigenvalue weighted by Crippen LogP contribution is 2.38. The molecular formula is C39H22N4. The van der Waals surface area contributed by atoms with E-state index in [4.69, 9.17) is 13.1 Å². The van der Waals surface area contributed by atoms with E-state index in [0.717, 1.165) is 60.9 Å². The lowest BCUT2D eigenvalue weighted by Gasteiger charge is -2.13. The summed E-state index contributed by atoms with van der Waals surface area (Å²) in [5.74, 6) is 0. The highest BCUT2D eigenvalue weighted by molar-refractivity contribution is 6.10. The van der Waals surface area contributed by atoms with E-state index in [1.807, 2.05) is 78.9 Å². The molecule has 0 amide bonds. The maximum atomic E-state index is 9.97. The van der Waals surface area contributed by atoms with Crippen molar-refractivity contribution in [3.63, 3.8) is 0 Å². The van der Waals surface area contributed by atoms with Crippen LogP contribution in [0.15, 0.2) is 133 Å². The fourth-order valence-corrected chi connectivity index (χ4v) is 5.80. The molecule has 0 unspecified atom stereocenters. The Hall–Kier alpha value is -6.41. The van der Waals surface area contributed by atoms with Crippen LogP contribution in [0.5, 0.6) is 0 Å². The van der Waals surface area contributed by atoms with Gasteiger partial charge >= 0.3 is 0 Å². The summed E-state index contributed by atoms with van der Waals surface area (Å²) in [5.41, 5.74) is 10.3. The van der Waals surface area contributed by atoms with Crippen LogP contribution in [0.4, 0.5) is 11.4 Å². The summed E-state index contributed by atoms with van der Waals surface area (Å²) in [7, 11) is 0. The Morgan fingerprint density at radius 3 is 1.88 bits per heavy atom. The minimum atomic E-state index is 0.506. The smallest absolute Gasteiger partial charge is 0.189 e. The summed E-state index contributed by atoms with van der Waals surface area (Å²) < 4.78 is 2.15. The molecule has 0 aliphatic heterocycles. The number of rotatable bonds is 4. The van der Waals surface area contributed by atoms with E-state index in [9.17, 15) is 5.26 Å². The minimum Gasteiger partial charge on any atom is -0.311 e. The van der Waals surface area contributed by atoms with Gasteiger partial charge < -0.3 is 4.57 Å². The molecule has 7 aromatic rings. The van der Waals surface area contributed by atoms with Gasteiger partial charge in [0.25, 0.3) is 0 Å². The van der Waals surface area contributed by atoms with Crippen molar-refractivity contribution in [2.45, 2.75) is 0 Å². The number of benzene rings is 6. The van der Waals surface area contributed by atoms with Gasteiger partial charge in [-0.2, -0.15) is 5.26 Å². The molecule has 0 N–H and O–H groups in total. The lowest BCUT2D eigenvalue weighted by Crippen LogP contribution is -1.95. The summed E-state index contributed by atoms with van der Waals surface area (Å²) in [6.07, 6.45) is 0. The van der Waals surface area contributed by atoms with E-state index in [0.29, 0.717) is 16.9 Å². The summed E-state index contributed by atoms with van der Waals surface area (Å²) in [6, 6.07) is 46.5. The van der Waals surface area contributed by atoms with E-state index in [2.05, 4.69) is 74.9 Å². The maximum absolute atomic E-state index is 9.97. The average molecular weight is 547 g/mol. The monoisotopic (exact) mass is 546 g/mol. The highest BCUT2D eigenvalue weighted by atomic mass is 15.0. The standard InChI is InChI=1S/C39H22N4/c1-41-33-15-16-39-37(24-33)36-13-6-7-14-38(36)43(39)35-22-32(21-34(23-35)42-2)31-18-26(25-40)17-30(20-31)29-12-8-11-28(19-29)27-9-4-3-5-10-27/h3-24H.